The summed E-state index contributed by atoms with van der Waals surface area (Å²) in [4.78, 5) is 26.4. The van der Waals surface area contributed by atoms with E-state index in [1.165, 1.54) is 10.9 Å². The summed E-state index contributed by atoms with van der Waals surface area (Å²) in [6.07, 6.45) is 1.53. The quantitative estimate of drug-likeness (QED) is 0.480. The second-order valence-corrected chi connectivity index (χ2v) is 8.31. The highest BCUT2D eigenvalue weighted by molar-refractivity contribution is 6.30. The number of anilines is 1. The number of carbonyl (C=O) groups is 1. The fourth-order valence-corrected chi connectivity index (χ4v) is 3.90. The highest BCUT2D eigenvalue weighted by Gasteiger charge is 2.24. The molecule has 0 radical (unpaired) electrons. The van der Waals surface area contributed by atoms with Crippen molar-refractivity contribution in [2.24, 2.45) is 7.05 Å². The Hall–Kier alpha value is -3.58. The molecule has 0 aliphatic carbocycles. The molecule has 0 saturated heterocycles. The summed E-state index contributed by atoms with van der Waals surface area (Å²) in [5.74, 6) is -0.355. The summed E-state index contributed by atoms with van der Waals surface area (Å²) < 4.78 is 5.00. The van der Waals surface area contributed by atoms with E-state index in [9.17, 15) is 9.59 Å². The Morgan fingerprint density at radius 2 is 1.69 bits per heavy atom. The van der Waals surface area contributed by atoms with E-state index in [2.05, 4.69) is 10.4 Å². The number of para-hydroxylation sites is 1. The number of rotatable bonds is 5. The van der Waals surface area contributed by atoms with Gasteiger partial charge in [0.25, 0.3) is 11.5 Å². The van der Waals surface area contributed by atoms with Gasteiger partial charge >= 0.3 is 0 Å². The van der Waals surface area contributed by atoms with E-state index in [0.29, 0.717) is 16.3 Å². The molecule has 0 spiro atoms. The van der Waals surface area contributed by atoms with Crippen molar-refractivity contribution >= 4 is 23.2 Å². The molecule has 0 saturated carbocycles. The van der Waals surface area contributed by atoms with Crippen LogP contribution in [-0.4, -0.2) is 25.1 Å². The van der Waals surface area contributed by atoms with Gasteiger partial charge in [-0.2, -0.15) is 5.10 Å². The van der Waals surface area contributed by atoms with Crippen LogP contribution in [0.3, 0.4) is 0 Å². The van der Waals surface area contributed by atoms with Gasteiger partial charge in [-0.15, -0.1) is 0 Å². The predicted octanol–water partition coefficient (Wildman–Crippen LogP) is 4.70. The second-order valence-electron chi connectivity index (χ2n) is 7.88. The fraction of sp³-hybridized carbons (Fsp3) is 0.208. The molecule has 164 valence electrons. The van der Waals surface area contributed by atoms with E-state index in [1.54, 1.807) is 35.5 Å². The number of nitrogens with zero attached hydrogens (tertiary/aromatic N) is 4. The molecule has 0 atom stereocenters. The molecular formula is C24H24ClN5O2. The first-order valence-electron chi connectivity index (χ1n) is 10.3. The average Bonchev–Trinajstić information content (AvgIpc) is 3.31. The van der Waals surface area contributed by atoms with Crippen molar-refractivity contribution in [3.05, 3.63) is 93.1 Å². The molecule has 0 aliphatic heterocycles. The molecule has 1 amide bonds. The van der Waals surface area contributed by atoms with Crippen molar-refractivity contribution in [2.75, 3.05) is 5.32 Å². The number of carbonyl (C=O) groups excluding carboxylic acids is 1. The zero-order valence-corrected chi connectivity index (χ0v) is 19.1. The van der Waals surface area contributed by atoms with Gasteiger partial charge in [-0.3, -0.25) is 14.3 Å². The van der Waals surface area contributed by atoms with Crippen molar-refractivity contribution in [3.63, 3.8) is 0 Å². The molecule has 2 aromatic heterocycles. The third-order valence-corrected chi connectivity index (χ3v) is 5.71. The van der Waals surface area contributed by atoms with E-state index < -0.39 is 0 Å². The van der Waals surface area contributed by atoms with Gasteiger partial charge in [0.2, 0.25) is 0 Å². The molecule has 2 heterocycles. The minimum Gasteiger partial charge on any atom is -0.316 e. The highest BCUT2D eigenvalue weighted by Crippen LogP contribution is 2.25. The van der Waals surface area contributed by atoms with Crippen molar-refractivity contribution in [1.29, 1.82) is 0 Å². The maximum Gasteiger partial charge on any atom is 0.295 e. The van der Waals surface area contributed by atoms with Gasteiger partial charge in [0.1, 0.15) is 5.69 Å². The lowest BCUT2D eigenvalue weighted by molar-refractivity contribution is 0.102. The average molecular weight is 450 g/mol. The normalized spacial score (nSPS) is 11.2. The van der Waals surface area contributed by atoms with E-state index in [0.717, 1.165) is 17.1 Å². The molecule has 1 N–H and O–H groups in total. The zero-order chi connectivity index (χ0) is 23.0. The van der Waals surface area contributed by atoms with Crippen molar-refractivity contribution < 1.29 is 4.79 Å². The number of nitrogens with one attached hydrogen (secondary N) is 1. The van der Waals surface area contributed by atoms with Crippen LogP contribution in [0, 0.1) is 6.92 Å². The van der Waals surface area contributed by atoms with E-state index in [1.807, 2.05) is 56.3 Å². The smallest absolute Gasteiger partial charge is 0.295 e. The number of hydrogen-bond acceptors (Lipinski definition) is 3. The number of halogens is 1. The Kier molecular flexibility index (Phi) is 5.76. The maximum atomic E-state index is 13.3. The first-order chi connectivity index (χ1) is 15.3. The largest absolute Gasteiger partial charge is 0.316 e. The topological polar surface area (TPSA) is 73.8 Å². The summed E-state index contributed by atoms with van der Waals surface area (Å²) in [5.41, 5.74) is 3.31. The van der Waals surface area contributed by atoms with Crippen LogP contribution in [0.4, 0.5) is 5.69 Å². The summed E-state index contributed by atoms with van der Waals surface area (Å²) >= 11 is 6.01. The second kappa shape index (κ2) is 8.51. The molecule has 0 bridgehead atoms. The molecule has 2 aromatic carbocycles. The van der Waals surface area contributed by atoms with Crippen LogP contribution >= 0.6 is 11.6 Å². The van der Waals surface area contributed by atoms with Gasteiger partial charge in [0.15, 0.2) is 0 Å². The number of amides is 1. The lowest BCUT2D eigenvalue weighted by Gasteiger charge is -2.13. The van der Waals surface area contributed by atoms with Crippen LogP contribution in [0.5, 0.6) is 0 Å². The Morgan fingerprint density at radius 1 is 1.03 bits per heavy atom. The van der Waals surface area contributed by atoms with E-state index in [4.69, 9.17) is 11.6 Å². The number of benzene rings is 2. The van der Waals surface area contributed by atoms with Crippen molar-refractivity contribution in [3.8, 4) is 11.4 Å². The molecule has 7 nitrogen and oxygen atoms in total. The summed E-state index contributed by atoms with van der Waals surface area (Å²) in [6.45, 7) is 5.80. The zero-order valence-electron chi connectivity index (χ0n) is 18.3. The Bertz CT molecular complexity index is 1330. The van der Waals surface area contributed by atoms with Gasteiger partial charge in [0.05, 0.1) is 34.5 Å². The standard InChI is InChI=1S/C24H24ClN5O2/c1-15(2)22-20(14-26-29(22)18-12-10-17(25)11-13-18)23(31)27-21-16(3)28(4)30(24(21)32)19-8-6-5-7-9-19/h5-15H,1-4H3,(H,27,31). The number of hydrogen-bond donors (Lipinski definition) is 1. The summed E-state index contributed by atoms with van der Waals surface area (Å²) in [7, 11) is 1.79. The van der Waals surface area contributed by atoms with Gasteiger partial charge in [-0.1, -0.05) is 43.6 Å². The Morgan fingerprint density at radius 3 is 2.31 bits per heavy atom. The molecular weight excluding hydrogens is 426 g/mol. The SMILES string of the molecule is Cc1c(NC(=O)c2cnn(-c3ccc(Cl)cc3)c2C(C)C)c(=O)n(-c2ccccc2)n1C. The van der Waals surface area contributed by atoms with Gasteiger partial charge < -0.3 is 5.32 Å². The molecule has 8 heteroatoms. The van der Waals surface area contributed by atoms with Crippen molar-refractivity contribution in [2.45, 2.75) is 26.7 Å². The highest BCUT2D eigenvalue weighted by atomic mass is 35.5. The van der Waals surface area contributed by atoms with E-state index in [-0.39, 0.29) is 23.1 Å². The molecule has 0 aliphatic rings. The van der Waals surface area contributed by atoms with Crippen molar-refractivity contribution in [1.82, 2.24) is 19.1 Å². The molecule has 4 aromatic rings. The third-order valence-electron chi connectivity index (χ3n) is 5.46. The van der Waals surface area contributed by atoms with Crippen LogP contribution in [0.1, 0.15) is 41.5 Å². The van der Waals surface area contributed by atoms with Crippen LogP contribution in [0.15, 0.2) is 65.6 Å². The first kappa shape index (κ1) is 21.6. The van der Waals surface area contributed by atoms with Gasteiger partial charge in [0, 0.05) is 12.1 Å². The summed E-state index contributed by atoms with van der Waals surface area (Å²) in [6, 6.07) is 16.6. The van der Waals surface area contributed by atoms with Crippen LogP contribution in [-0.2, 0) is 7.05 Å². The molecule has 0 unspecified atom stereocenters. The summed E-state index contributed by atoms with van der Waals surface area (Å²) in [5, 5.41) is 7.89. The Balaban J connectivity index is 1.73. The molecule has 4 rings (SSSR count). The minimum atomic E-state index is -0.375. The van der Waals surface area contributed by atoms with Gasteiger partial charge in [-0.25, -0.2) is 9.36 Å². The predicted molar refractivity (Wildman–Crippen MR) is 126 cm³/mol. The fourth-order valence-electron chi connectivity index (χ4n) is 3.77. The molecule has 0 fully saturated rings. The Labute approximate surface area is 190 Å². The lowest BCUT2D eigenvalue weighted by Crippen LogP contribution is -2.23. The molecule has 32 heavy (non-hydrogen) atoms. The van der Waals surface area contributed by atoms with E-state index >= 15 is 0 Å². The van der Waals surface area contributed by atoms with Crippen LogP contribution in [0.2, 0.25) is 5.02 Å². The third kappa shape index (κ3) is 3.76. The van der Waals surface area contributed by atoms with Crippen LogP contribution < -0.4 is 10.9 Å². The van der Waals surface area contributed by atoms with Crippen LogP contribution in [0.25, 0.3) is 11.4 Å². The minimum absolute atomic E-state index is 0.0202. The monoisotopic (exact) mass is 449 g/mol. The maximum absolute atomic E-state index is 13.3. The number of aromatic nitrogens is 4. The van der Waals surface area contributed by atoms with Gasteiger partial charge in [-0.05, 0) is 49.2 Å². The lowest BCUT2D eigenvalue weighted by atomic mass is 10.0. The first-order valence-corrected chi connectivity index (χ1v) is 10.7.